The maximum Gasteiger partial charge on any atom is 0.0462 e. The lowest BCUT2D eigenvalue weighted by Gasteiger charge is -2.26. The summed E-state index contributed by atoms with van der Waals surface area (Å²) < 4.78 is 0. The Kier molecular flexibility index (Phi) is 12.3. The molecule has 0 aromatic heterocycles. The molecule has 0 aliphatic heterocycles. The van der Waals surface area contributed by atoms with E-state index in [0.29, 0.717) is 0 Å². The third-order valence-corrected chi connectivity index (χ3v) is 11.6. The van der Waals surface area contributed by atoms with Crippen LogP contribution < -0.4 is 9.80 Å². The number of hydrogen-bond acceptors (Lipinski definition) is 2. The first-order chi connectivity index (χ1) is 31.1. The smallest absolute Gasteiger partial charge is 0.0462 e. The Bertz CT molecular complexity index is 2900. The average molecular weight is 811 g/mol. The summed E-state index contributed by atoms with van der Waals surface area (Å²) in [4.78, 5) is 4.64. The van der Waals surface area contributed by atoms with Crippen molar-refractivity contribution in [3.8, 4) is 33.4 Å². The minimum atomic E-state index is 0.187. The molecule has 0 N–H and O–H groups in total. The van der Waals surface area contributed by atoms with Crippen LogP contribution in [0.15, 0.2) is 261 Å². The Labute approximate surface area is 373 Å². The number of benzene rings is 9. The summed E-state index contributed by atoms with van der Waals surface area (Å²) in [5, 5.41) is 0. The molecule has 0 saturated heterocycles. The second-order valence-electron chi connectivity index (χ2n) is 15.8. The topological polar surface area (TPSA) is 6.48 Å². The van der Waals surface area contributed by atoms with Crippen molar-refractivity contribution in [3.05, 3.63) is 272 Å². The highest BCUT2D eigenvalue weighted by molar-refractivity contribution is 5.82. The van der Waals surface area contributed by atoms with Crippen LogP contribution in [-0.2, 0) is 0 Å². The average Bonchev–Trinajstić information content (AvgIpc) is 3.36. The number of rotatable bonds is 13. The summed E-state index contributed by atoms with van der Waals surface area (Å²) in [7, 11) is 0. The fourth-order valence-electron chi connectivity index (χ4n) is 8.32. The van der Waals surface area contributed by atoms with Crippen LogP contribution in [-0.4, -0.2) is 0 Å². The minimum Gasteiger partial charge on any atom is -0.311 e. The van der Waals surface area contributed by atoms with Gasteiger partial charge in [-0.05, 0) is 136 Å². The van der Waals surface area contributed by atoms with E-state index in [2.05, 4.69) is 285 Å². The number of anilines is 6. The second-order valence-corrected chi connectivity index (χ2v) is 15.8. The molecule has 2 heteroatoms. The molecular formula is C61H50N2. The fraction of sp³-hybridized carbons (Fsp3) is 0.0492. The SMILES string of the molecule is C/C=C\C(=C/[C@H](C)c1cccc(-c2ccc(N(c3ccccc3)c3ccc(-c4ccccc4)cc3)cc2)c1)c1ccc(N(c2ccccc2)c2ccc(-c3ccccc3)cc2)cc1. The predicted octanol–water partition coefficient (Wildman–Crippen LogP) is 17.4. The Balaban J connectivity index is 0.956. The highest BCUT2D eigenvalue weighted by Gasteiger charge is 2.16. The van der Waals surface area contributed by atoms with Crippen molar-refractivity contribution in [3.63, 3.8) is 0 Å². The monoisotopic (exact) mass is 810 g/mol. The van der Waals surface area contributed by atoms with E-state index in [1.54, 1.807) is 0 Å². The van der Waals surface area contributed by atoms with Gasteiger partial charge in [0, 0.05) is 34.1 Å². The van der Waals surface area contributed by atoms with Crippen molar-refractivity contribution in [2.45, 2.75) is 19.8 Å². The van der Waals surface area contributed by atoms with E-state index in [1.807, 2.05) is 0 Å². The normalized spacial score (nSPS) is 11.9. The van der Waals surface area contributed by atoms with Gasteiger partial charge in [0.05, 0.1) is 0 Å². The van der Waals surface area contributed by atoms with E-state index in [0.717, 1.165) is 34.1 Å². The summed E-state index contributed by atoms with van der Waals surface area (Å²) in [5.74, 6) is 0.187. The Morgan fingerprint density at radius 3 is 1.10 bits per heavy atom. The van der Waals surface area contributed by atoms with Crippen molar-refractivity contribution in [2.24, 2.45) is 0 Å². The van der Waals surface area contributed by atoms with Crippen LogP contribution in [0.5, 0.6) is 0 Å². The van der Waals surface area contributed by atoms with E-state index < -0.39 is 0 Å². The Morgan fingerprint density at radius 2 is 0.683 bits per heavy atom. The van der Waals surface area contributed by atoms with Gasteiger partial charge >= 0.3 is 0 Å². The van der Waals surface area contributed by atoms with E-state index >= 15 is 0 Å². The molecule has 9 aromatic carbocycles. The Morgan fingerprint density at radius 1 is 0.349 bits per heavy atom. The lowest BCUT2D eigenvalue weighted by molar-refractivity contribution is 0.970. The fourth-order valence-corrected chi connectivity index (χ4v) is 8.32. The zero-order valence-electron chi connectivity index (χ0n) is 35.8. The van der Waals surface area contributed by atoms with Crippen LogP contribution in [0.3, 0.4) is 0 Å². The van der Waals surface area contributed by atoms with Gasteiger partial charge in [0.2, 0.25) is 0 Å². The maximum atomic E-state index is 2.38. The van der Waals surface area contributed by atoms with Gasteiger partial charge in [0.25, 0.3) is 0 Å². The number of nitrogens with zero attached hydrogens (tertiary/aromatic N) is 2. The minimum absolute atomic E-state index is 0.187. The van der Waals surface area contributed by atoms with Crippen molar-refractivity contribution in [1.29, 1.82) is 0 Å². The third-order valence-electron chi connectivity index (χ3n) is 11.6. The zero-order valence-corrected chi connectivity index (χ0v) is 35.8. The molecule has 0 radical (unpaired) electrons. The quantitative estimate of drug-likeness (QED) is 0.107. The third kappa shape index (κ3) is 9.37. The van der Waals surface area contributed by atoms with Crippen LogP contribution in [0.4, 0.5) is 34.1 Å². The van der Waals surface area contributed by atoms with E-state index in [4.69, 9.17) is 0 Å². The molecule has 304 valence electrons. The predicted molar refractivity (Wildman–Crippen MR) is 270 cm³/mol. The van der Waals surface area contributed by atoms with E-state index in [-0.39, 0.29) is 5.92 Å². The molecule has 0 bridgehead atoms. The molecule has 0 aliphatic carbocycles. The molecule has 0 fully saturated rings. The number of para-hydroxylation sites is 2. The molecule has 9 aromatic rings. The van der Waals surface area contributed by atoms with Crippen LogP contribution in [0.1, 0.15) is 30.9 Å². The molecule has 0 spiro atoms. The van der Waals surface area contributed by atoms with Gasteiger partial charge < -0.3 is 9.80 Å². The first kappa shape index (κ1) is 40.5. The maximum absolute atomic E-state index is 2.38. The number of hydrogen-bond donors (Lipinski definition) is 0. The summed E-state index contributed by atoms with van der Waals surface area (Å²) >= 11 is 0. The highest BCUT2D eigenvalue weighted by atomic mass is 15.1. The molecule has 0 aliphatic rings. The standard InChI is InChI=1S/C61H50N2/c1-3-17-54(51-32-40-60(41-33-51)62(56-24-12-6-13-25-56)58-36-28-49(29-37-58)47-18-8-4-9-19-47)44-46(2)53-22-16-23-55(45-53)52-34-42-61(43-35-52)63(57-26-14-7-15-27-57)59-38-30-50(31-39-59)48-20-10-5-11-21-48/h3-46H,1-2H3/b17-3-,54-44+/t46-/m0/s1. The molecule has 2 nitrogen and oxygen atoms in total. The molecule has 9 rings (SSSR count). The zero-order chi connectivity index (χ0) is 42.8. The molecule has 1 atom stereocenters. The van der Waals surface area contributed by atoms with Crippen molar-refractivity contribution >= 4 is 39.7 Å². The van der Waals surface area contributed by atoms with Gasteiger partial charge in [-0.2, -0.15) is 0 Å². The highest BCUT2D eigenvalue weighted by Crippen LogP contribution is 2.39. The first-order valence-electron chi connectivity index (χ1n) is 21.8. The molecular weight excluding hydrogens is 761 g/mol. The second kappa shape index (κ2) is 19.2. The van der Waals surface area contributed by atoms with Crippen molar-refractivity contribution in [2.75, 3.05) is 9.80 Å². The van der Waals surface area contributed by atoms with Gasteiger partial charge in [-0.15, -0.1) is 0 Å². The van der Waals surface area contributed by atoms with Crippen LogP contribution >= 0.6 is 0 Å². The van der Waals surface area contributed by atoms with Crippen molar-refractivity contribution in [1.82, 2.24) is 0 Å². The van der Waals surface area contributed by atoms with Crippen LogP contribution in [0, 0.1) is 0 Å². The van der Waals surface area contributed by atoms with Gasteiger partial charge in [-0.3, -0.25) is 0 Å². The lowest BCUT2D eigenvalue weighted by atomic mass is 9.92. The molecule has 63 heavy (non-hydrogen) atoms. The summed E-state index contributed by atoms with van der Waals surface area (Å²) in [6.45, 7) is 4.38. The van der Waals surface area contributed by atoms with Crippen LogP contribution in [0.2, 0.25) is 0 Å². The summed E-state index contributed by atoms with van der Waals surface area (Å²) in [6, 6.07) is 86.8. The van der Waals surface area contributed by atoms with Gasteiger partial charge in [-0.1, -0.05) is 195 Å². The van der Waals surface area contributed by atoms with E-state index in [1.165, 1.54) is 50.1 Å². The first-order valence-corrected chi connectivity index (χ1v) is 21.8. The summed E-state index contributed by atoms with van der Waals surface area (Å²) in [6.07, 6.45) is 6.74. The van der Waals surface area contributed by atoms with Gasteiger partial charge in [0.1, 0.15) is 0 Å². The molecule has 0 saturated carbocycles. The van der Waals surface area contributed by atoms with Crippen LogP contribution in [0.25, 0.3) is 39.0 Å². The van der Waals surface area contributed by atoms with E-state index in [9.17, 15) is 0 Å². The van der Waals surface area contributed by atoms with Crippen molar-refractivity contribution < 1.29 is 0 Å². The lowest BCUT2D eigenvalue weighted by Crippen LogP contribution is -2.09. The molecule has 0 unspecified atom stereocenters. The molecule has 0 heterocycles. The number of allylic oxidation sites excluding steroid dienone is 4. The van der Waals surface area contributed by atoms with Gasteiger partial charge in [-0.25, -0.2) is 0 Å². The largest absolute Gasteiger partial charge is 0.311 e. The Hall–Kier alpha value is -7.94. The van der Waals surface area contributed by atoms with Gasteiger partial charge in [0.15, 0.2) is 0 Å². The molecule has 0 amide bonds. The summed E-state index contributed by atoms with van der Waals surface area (Å²) in [5.41, 5.74) is 17.6.